The highest BCUT2D eigenvalue weighted by atomic mass is 16.3. The second kappa shape index (κ2) is 6.66. The quantitative estimate of drug-likeness (QED) is 0.868. The molecule has 0 radical (unpaired) electrons. The summed E-state index contributed by atoms with van der Waals surface area (Å²) in [6, 6.07) is 8.54. The van der Waals surface area contributed by atoms with Crippen LogP contribution in [0, 0.1) is 5.92 Å². The third-order valence-electron chi connectivity index (χ3n) is 6.08. The second-order valence-corrected chi connectivity index (χ2v) is 8.63. The molecule has 4 rings (SSSR count). The predicted octanol–water partition coefficient (Wildman–Crippen LogP) is 4.17. The molecule has 0 aliphatic heterocycles. The molecule has 0 saturated heterocycles. The minimum absolute atomic E-state index is 0.0441. The Bertz CT molecular complexity index is 812. The number of amides is 1. The van der Waals surface area contributed by atoms with Crippen LogP contribution in [0.4, 0.5) is 0 Å². The number of carbonyl (C=O) groups excluding carboxylic acids is 1. The standard InChI is InChI=1S/C22H28N2O2/c1-22(2,26)18-7-9-19(10-8-18)24-21(25)17-11-16-6-5-15(14-3-4-14)12-20(16)23-13-17/h5-6,11-14,18-19,26H,3-4,7-10H2,1-2H3,(H,24,25). The fourth-order valence-electron chi connectivity index (χ4n) is 4.15. The zero-order chi connectivity index (χ0) is 18.3. The lowest BCUT2D eigenvalue weighted by Crippen LogP contribution is -2.41. The van der Waals surface area contributed by atoms with Crippen molar-refractivity contribution in [1.82, 2.24) is 10.3 Å². The number of aliphatic hydroxyl groups is 1. The van der Waals surface area contributed by atoms with Crippen LogP contribution in [0.3, 0.4) is 0 Å². The lowest BCUT2D eigenvalue weighted by Gasteiger charge is -2.36. The molecule has 0 atom stereocenters. The monoisotopic (exact) mass is 352 g/mol. The van der Waals surface area contributed by atoms with Crippen LogP contribution in [0.25, 0.3) is 10.9 Å². The van der Waals surface area contributed by atoms with Gasteiger partial charge in [0.2, 0.25) is 0 Å². The molecule has 138 valence electrons. The molecule has 1 aromatic carbocycles. The smallest absolute Gasteiger partial charge is 0.253 e. The van der Waals surface area contributed by atoms with Crippen LogP contribution in [0.1, 0.15) is 74.2 Å². The highest BCUT2D eigenvalue weighted by Crippen LogP contribution is 2.40. The minimum Gasteiger partial charge on any atom is -0.390 e. The van der Waals surface area contributed by atoms with Crippen LogP contribution in [0.5, 0.6) is 0 Å². The number of nitrogens with zero attached hydrogens (tertiary/aromatic N) is 1. The van der Waals surface area contributed by atoms with E-state index in [0.717, 1.165) is 36.6 Å². The van der Waals surface area contributed by atoms with Crippen LogP contribution >= 0.6 is 0 Å². The third kappa shape index (κ3) is 3.75. The Kier molecular flexibility index (Phi) is 4.47. The molecule has 1 aromatic heterocycles. The minimum atomic E-state index is -0.628. The Balaban J connectivity index is 1.41. The SMILES string of the molecule is CC(C)(O)C1CCC(NC(=O)c2cnc3cc(C4CC4)ccc3c2)CC1. The van der Waals surface area contributed by atoms with Gasteiger partial charge in [0.25, 0.3) is 5.91 Å². The van der Waals surface area contributed by atoms with Gasteiger partial charge in [0.1, 0.15) is 0 Å². The van der Waals surface area contributed by atoms with Crippen molar-refractivity contribution in [2.24, 2.45) is 5.92 Å². The highest BCUT2D eigenvalue weighted by Gasteiger charge is 2.31. The topological polar surface area (TPSA) is 62.2 Å². The lowest BCUT2D eigenvalue weighted by atomic mass is 9.77. The van der Waals surface area contributed by atoms with Gasteiger partial charge in [-0.05, 0) is 81.9 Å². The maximum atomic E-state index is 12.6. The van der Waals surface area contributed by atoms with Gasteiger partial charge >= 0.3 is 0 Å². The summed E-state index contributed by atoms with van der Waals surface area (Å²) in [5.41, 5.74) is 2.33. The maximum absolute atomic E-state index is 12.6. The van der Waals surface area contributed by atoms with Crippen molar-refractivity contribution < 1.29 is 9.90 Å². The number of rotatable bonds is 4. The van der Waals surface area contributed by atoms with E-state index in [1.165, 1.54) is 18.4 Å². The molecule has 26 heavy (non-hydrogen) atoms. The van der Waals surface area contributed by atoms with Crippen LogP contribution in [0.2, 0.25) is 0 Å². The Hall–Kier alpha value is -1.94. The summed E-state index contributed by atoms with van der Waals surface area (Å²) in [4.78, 5) is 17.1. The van der Waals surface area contributed by atoms with Gasteiger partial charge in [0.15, 0.2) is 0 Å². The average molecular weight is 352 g/mol. The Labute approximate surface area is 155 Å². The van der Waals surface area contributed by atoms with Gasteiger partial charge in [0.05, 0.1) is 16.7 Å². The largest absolute Gasteiger partial charge is 0.390 e. The van der Waals surface area contributed by atoms with E-state index in [2.05, 4.69) is 28.5 Å². The molecular weight excluding hydrogens is 324 g/mol. The number of hydrogen-bond acceptors (Lipinski definition) is 3. The van der Waals surface area contributed by atoms with Crippen molar-refractivity contribution in [3.8, 4) is 0 Å². The van der Waals surface area contributed by atoms with E-state index in [-0.39, 0.29) is 11.9 Å². The van der Waals surface area contributed by atoms with Crippen LogP contribution in [0.15, 0.2) is 30.5 Å². The van der Waals surface area contributed by atoms with E-state index in [4.69, 9.17) is 0 Å². The van der Waals surface area contributed by atoms with Crippen molar-refractivity contribution in [1.29, 1.82) is 0 Å². The van der Waals surface area contributed by atoms with E-state index in [9.17, 15) is 9.90 Å². The van der Waals surface area contributed by atoms with Crippen LogP contribution in [-0.2, 0) is 0 Å². The summed E-state index contributed by atoms with van der Waals surface area (Å²) >= 11 is 0. The Morgan fingerprint density at radius 2 is 1.85 bits per heavy atom. The van der Waals surface area contributed by atoms with Crippen molar-refractivity contribution in [2.45, 2.75) is 69.9 Å². The summed E-state index contributed by atoms with van der Waals surface area (Å²) in [6.07, 6.45) is 8.00. The molecule has 2 aliphatic carbocycles. The maximum Gasteiger partial charge on any atom is 0.253 e. The number of nitrogens with one attached hydrogen (secondary N) is 1. The summed E-state index contributed by atoms with van der Waals surface area (Å²) in [7, 11) is 0. The van der Waals surface area contributed by atoms with E-state index in [1.807, 2.05) is 19.9 Å². The number of pyridine rings is 1. The summed E-state index contributed by atoms with van der Waals surface area (Å²) in [6.45, 7) is 3.76. The summed E-state index contributed by atoms with van der Waals surface area (Å²) in [5.74, 6) is 0.985. The molecule has 0 unspecified atom stereocenters. The predicted molar refractivity (Wildman–Crippen MR) is 103 cm³/mol. The van der Waals surface area contributed by atoms with E-state index in [1.54, 1.807) is 6.20 Å². The molecule has 1 heterocycles. The van der Waals surface area contributed by atoms with Crippen LogP contribution in [-0.4, -0.2) is 27.6 Å². The number of fused-ring (bicyclic) bond motifs is 1. The van der Waals surface area contributed by atoms with E-state index < -0.39 is 5.60 Å². The summed E-state index contributed by atoms with van der Waals surface area (Å²) in [5, 5.41) is 14.3. The fraction of sp³-hybridized carbons (Fsp3) is 0.545. The average Bonchev–Trinajstić information content (AvgIpc) is 3.45. The van der Waals surface area contributed by atoms with E-state index >= 15 is 0 Å². The Morgan fingerprint density at radius 3 is 2.50 bits per heavy atom. The molecule has 2 saturated carbocycles. The van der Waals surface area contributed by atoms with Gasteiger partial charge in [-0.1, -0.05) is 12.1 Å². The molecule has 2 N–H and O–H groups in total. The summed E-state index contributed by atoms with van der Waals surface area (Å²) < 4.78 is 0. The molecule has 2 aliphatic rings. The number of benzene rings is 1. The van der Waals surface area contributed by atoms with Crippen molar-refractivity contribution in [3.05, 3.63) is 41.6 Å². The fourth-order valence-corrected chi connectivity index (χ4v) is 4.15. The number of hydrogen-bond donors (Lipinski definition) is 2. The molecule has 0 bridgehead atoms. The van der Waals surface area contributed by atoms with Crippen molar-refractivity contribution in [2.75, 3.05) is 0 Å². The lowest BCUT2D eigenvalue weighted by molar-refractivity contribution is -0.00257. The van der Waals surface area contributed by atoms with Gasteiger partial charge in [-0.25, -0.2) is 0 Å². The van der Waals surface area contributed by atoms with Gasteiger partial charge in [0, 0.05) is 17.6 Å². The normalized spacial score (nSPS) is 23.8. The zero-order valence-corrected chi connectivity index (χ0v) is 15.7. The number of carbonyl (C=O) groups is 1. The molecule has 4 heteroatoms. The van der Waals surface area contributed by atoms with Crippen molar-refractivity contribution >= 4 is 16.8 Å². The third-order valence-corrected chi connectivity index (χ3v) is 6.08. The van der Waals surface area contributed by atoms with Gasteiger partial charge in [-0.3, -0.25) is 9.78 Å². The molecule has 1 amide bonds. The van der Waals surface area contributed by atoms with Gasteiger partial charge < -0.3 is 10.4 Å². The van der Waals surface area contributed by atoms with E-state index in [0.29, 0.717) is 17.4 Å². The zero-order valence-electron chi connectivity index (χ0n) is 15.7. The molecule has 4 nitrogen and oxygen atoms in total. The van der Waals surface area contributed by atoms with Gasteiger partial charge in [-0.2, -0.15) is 0 Å². The Morgan fingerprint density at radius 1 is 1.12 bits per heavy atom. The molecule has 2 aromatic rings. The highest BCUT2D eigenvalue weighted by molar-refractivity contribution is 5.97. The molecule has 0 spiro atoms. The first-order chi connectivity index (χ1) is 12.4. The molecule has 2 fully saturated rings. The second-order valence-electron chi connectivity index (χ2n) is 8.63. The van der Waals surface area contributed by atoms with Crippen LogP contribution < -0.4 is 5.32 Å². The first kappa shape index (κ1) is 17.5. The number of aromatic nitrogens is 1. The first-order valence-corrected chi connectivity index (χ1v) is 9.83. The van der Waals surface area contributed by atoms with Crippen molar-refractivity contribution in [3.63, 3.8) is 0 Å². The molecular formula is C22H28N2O2. The first-order valence-electron chi connectivity index (χ1n) is 9.83. The van der Waals surface area contributed by atoms with Gasteiger partial charge in [-0.15, -0.1) is 0 Å².